The van der Waals surface area contributed by atoms with Crippen LogP contribution in [0.2, 0.25) is 5.02 Å². The summed E-state index contributed by atoms with van der Waals surface area (Å²) in [6.45, 7) is 7.78. The molecule has 21 heavy (non-hydrogen) atoms. The molecule has 1 N–H and O–H groups in total. The largest absolute Gasteiger partial charge is 0.355 e. The summed E-state index contributed by atoms with van der Waals surface area (Å²) in [7, 11) is 0. The van der Waals surface area contributed by atoms with Crippen molar-refractivity contribution in [3.63, 3.8) is 0 Å². The molecule has 0 spiro atoms. The number of carbonyl (C=O) groups is 1. The first kappa shape index (κ1) is 16.3. The molecule has 1 fully saturated rings. The molecule has 1 aliphatic rings. The summed E-state index contributed by atoms with van der Waals surface area (Å²) < 4.78 is 0. The van der Waals surface area contributed by atoms with Gasteiger partial charge in [0.15, 0.2) is 0 Å². The molecule has 2 atom stereocenters. The van der Waals surface area contributed by atoms with Crippen LogP contribution in [0.1, 0.15) is 25.8 Å². The van der Waals surface area contributed by atoms with Gasteiger partial charge in [0.1, 0.15) is 0 Å². The van der Waals surface area contributed by atoms with E-state index in [1.54, 1.807) is 0 Å². The van der Waals surface area contributed by atoms with Gasteiger partial charge in [-0.1, -0.05) is 37.6 Å². The van der Waals surface area contributed by atoms with Gasteiger partial charge >= 0.3 is 0 Å². The van der Waals surface area contributed by atoms with Crippen molar-refractivity contribution in [3.05, 3.63) is 34.9 Å². The second kappa shape index (κ2) is 7.81. The zero-order chi connectivity index (χ0) is 15.2. The van der Waals surface area contributed by atoms with Crippen LogP contribution < -0.4 is 5.32 Å². The maximum atomic E-state index is 12.0. The van der Waals surface area contributed by atoms with Crippen LogP contribution in [0, 0.1) is 11.8 Å². The lowest BCUT2D eigenvalue weighted by Gasteiger charge is -2.34. The number of piperidine rings is 1. The van der Waals surface area contributed by atoms with E-state index in [4.69, 9.17) is 11.6 Å². The Kier molecular flexibility index (Phi) is 6.07. The first-order valence-corrected chi connectivity index (χ1v) is 8.14. The third-order valence-corrected chi connectivity index (χ3v) is 4.17. The summed E-state index contributed by atoms with van der Waals surface area (Å²) in [5.41, 5.74) is 1.16. The molecule has 0 bridgehead atoms. The van der Waals surface area contributed by atoms with Gasteiger partial charge < -0.3 is 5.32 Å². The van der Waals surface area contributed by atoms with Crippen molar-refractivity contribution >= 4 is 17.5 Å². The molecular formula is C17H25ClN2O. The summed E-state index contributed by atoms with van der Waals surface area (Å²) in [5, 5.41) is 3.75. The number of likely N-dealkylation sites (tertiary alicyclic amines) is 1. The highest BCUT2D eigenvalue weighted by molar-refractivity contribution is 6.30. The van der Waals surface area contributed by atoms with Crippen molar-refractivity contribution in [2.45, 2.75) is 26.7 Å². The first-order valence-electron chi connectivity index (χ1n) is 7.76. The fourth-order valence-corrected chi connectivity index (χ4v) is 3.43. The van der Waals surface area contributed by atoms with Gasteiger partial charge in [-0.3, -0.25) is 9.69 Å². The number of carbonyl (C=O) groups excluding carboxylic acids is 1. The van der Waals surface area contributed by atoms with Crippen molar-refractivity contribution < 1.29 is 4.79 Å². The monoisotopic (exact) mass is 308 g/mol. The van der Waals surface area contributed by atoms with Gasteiger partial charge in [0.25, 0.3) is 0 Å². The Balaban J connectivity index is 1.70. The minimum Gasteiger partial charge on any atom is -0.355 e. The predicted molar refractivity (Wildman–Crippen MR) is 87.6 cm³/mol. The average molecular weight is 309 g/mol. The van der Waals surface area contributed by atoms with Crippen molar-refractivity contribution in [2.75, 3.05) is 26.2 Å². The fourth-order valence-electron chi connectivity index (χ4n) is 3.22. The van der Waals surface area contributed by atoms with Crippen LogP contribution in [0.3, 0.4) is 0 Å². The molecular weight excluding hydrogens is 284 g/mol. The normalized spacial score (nSPS) is 23.0. The second-order valence-corrected chi connectivity index (χ2v) is 6.81. The van der Waals surface area contributed by atoms with Crippen molar-refractivity contribution in [3.8, 4) is 0 Å². The molecule has 1 aromatic carbocycles. The third-order valence-electron chi connectivity index (χ3n) is 3.94. The minimum atomic E-state index is 0.123. The van der Waals surface area contributed by atoms with Gasteiger partial charge in [-0.2, -0.15) is 0 Å². The molecule has 1 aromatic rings. The van der Waals surface area contributed by atoms with E-state index < -0.39 is 0 Å². The fraction of sp³-hybridized carbons (Fsp3) is 0.588. The highest BCUT2D eigenvalue weighted by atomic mass is 35.5. The second-order valence-electron chi connectivity index (χ2n) is 6.37. The van der Waals surface area contributed by atoms with E-state index in [1.807, 2.05) is 24.3 Å². The Bertz CT molecular complexity index is 468. The van der Waals surface area contributed by atoms with Gasteiger partial charge in [-0.25, -0.2) is 0 Å². The van der Waals surface area contributed by atoms with Crippen LogP contribution >= 0.6 is 11.6 Å². The molecule has 4 heteroatoms. The Hall–Kier alpha value is -1.06. The van der Waals surface area contributed by atoms with Crippen LogP contribution in [-0.4, -0.2) is 37.0 Å². The first-order chi connectivity index (χ1) is 10.0. The number of hydrogen-bond acceptors (Lipinski definition) is 2. The standard InChI is InChI=1S/C17H25ClN2O/c1-13-8-14(2)11-20(10-13)12-17(21)19-7-6-15-4-3-5-16(18)9-15/h3-5,9,13-14H,6-8,10-12H2,1-2H3,(H,19,21)/t13-,14+. The maximum absolute atomic E-state index is 12.0. The number of rotatable bonds is 5. The quantitative estimate of drug-likeness (QED) is 0.907. The van der Waals surface area contributed by atoms with Gasteiger partial charge in [0.05, 0.1) is 6.54 Å². The van der Waals surface area contributed by atoms with E-state index in [1.165, 1.54) is 6.42 Å². The molecule has 1 aliphatic heterocycles. The number of amides is 1. The van der Waals surface area contributed by atoms with E-state index >= 15 is 0 Å². The van der Waals surface area contributed by atoms with Crippen LogP contribution in [-0.2, 0) is 11.2 Å². The highest BCUT2D eigenvalue weighted by Crippen LogP contribution is 2.20. The van der Waals surface area contributed by atoms with Crippen LogP contribution in [0.5, 0.6) is 0 Å². The SMILES string of the molecule is C[C@@H]1C[C@H](C)CN(CC(=O)NCCc2cccc(Cl)c2)C1. The van der Waals surface area contributed by atoms with Crippen molar-refractivity contribution in [1.29, 1.82) is 0 Å². The molecule has 0 aliphatic carbocycles. The molecule has 1 heterocycles. The number of hydrogen-bond donors (Lipinski definition) is 1. The highest BCUT2D eigenvalue weighted by Gasteiger charge is 2.22. The van der Waals surface area contributed by atoms with Crippen LogP contribution in [0.15, 0.2) is 24.3 Å². The number of nitrogens with one attached hydrogen (secondary N) is 1. The topological polar surface area (TPSA) is 32.3 Å². The lowest BCUT2D eigenvalue weighted by molar-refractivity contribution is -0.122. The molecule has 0 radical (unpaired) electrons. The van der Waals surface area contributed by atoms with Gasteiger partial charge in [-0.15, -0.1) is 0 Å². The molecule has 2 rings (SSSR count). The summed E-state index contributed by atoms with van der Waals surface area (Å²) in [4.78, 5) is 14.3. The molecule has 0 unspecified atom stereocenters. The molecule has 0 aromatic heterocycles. The lowest BCUT2D eigenvalue weighted by Crippen LogP contribution is -2.44. The summed E-state index contributed by atoms with van der Waals surface area (Å²) >= 11 is 5.95. The summed E-state index contributed by atoms with van der Waals surface area (Å²) in [5.74, 6) is 1.50. The van der Waals surface area contributed by atoms with E-state index in [2.05, 4.69) is 24.1 Å². The Morgan fingerprint density at radius 1 is 1.33 bits per heavy atom. The molecule has 1 saturated heterocycles. The molecule has 1 amide bonds. The summed E-state index contributed by atoms with van der Waals surface area (Å²) in [6.07, 6.45) is 2.09. The van der Waals surface area contributed by atoms with Crippen LogP contribution in [0.4, 0.5) is 0 Å². The minimum absolute atomic E-state index is 0.123. The zero-order valence-corrected chi connectivity index (χ0v) is 13.7. The van der Waals surface area contributed by atoms with E-state index in [0.717, 1.165) is 30.1 Å². The van der Waals surface area contributed by atoms with E-state index in [0.29, 0.717) is 24.9 Å². The Morgan fingerprint density at radius 3 is 2.71 bits per heavy atom. The maximum Gasteiger partial charge on any atom is 0.234 e. The zero-order valence-electron chi connectivity index (χ0n) is 12.9. The molecule has 116 valence electrons. The van der Waals surface area contributed by atoms with Crippen LogP contribution in [0.25, 0.3) is 0 Å². The Labute approximate surface area is 132 Å². The number of halogens is 1. The summed E-state index contributed by atoms with van der Waals surface area (Å²) in [6, 6.07) is 7.78. The lowest BCUT2D eigenvalue weighted by atomic mass is 9.92. The third kappa shape index (κ3) is 5.68. The van der Waals surface area contributed by atoms with E-state index in [9.17, 15) is 4.79 Å². The van der Waals surface area contributed by atoms with E-state index in [-0.39, 0.29) is 5.91 Å². The molecule has 3 nitrogen and oxygen atoms in total. The number of nitrogens with zero attached hydrogens (tertiary/aromatic N) is 1. The van der Waals surface area contributed by atoms with Gasteiger partial charge in [-0.05, 0) is 42.4 Å². The van der Waals surface area contributed by atoms with Gasteiger partial charge in [0.2, 0.25) is 5.91 Å². The Morgan fingerprint density at radius 2 is 2.05 bits per heavy atom. The average Bonchev–Trinajstić information content (AvgIpc) is 2.37. The van der Waals surface area contributed by atoms with Crippen molar-refractivity contribution in [2.24, 2.45) is 11.8 Å². The smallest absolute Gasteiger partial charge is 0.234 e. The number of benzene rings is 1. The predicted octanol–water partition coefficient (Wildman–Crippen LogP) is 2.98. The molecule has 0 saturated carbocycles. The van der Waals surface area contributed by atoms with Gasteiger partial charge in [0, 0.05) is 24.7 Å². The van der Waals surface area contributed by atoms with Crippen molar-refractivity contribution in [1.82, 2.24) is 10.2 Å².